The summed E-state index contributed by atoms with van der Waals surface area (Å²) in [5.74, 6) is 6.46. The molecule has 1 amide bonds. The fourth-order valence-electron chi connectivity index (χ4n) is 2.90. The molecule has 24 heavy (non-hydrogen) atoms. The van der Waals surface area contributed by atoms with Gasteiger partial charge in [0.05, 0.1) is 11.8 Å². The van der Waals surface area contributed by atoms with Crippen molar-refractivity contribution >= 4 is 17.5 Å². The highest BCUT2D eigenvalue weighted by Crippen LogP contribution is 2.34. The van der Waals surface area contributed by atoms with Gasteiger partial charge < -0.3 is 9.32 Å². The van der Waals surface area contributed by atoms with Crippen molar-refractivity contribution in [3.63, 3.8) is 0 Å². The predicted molar refractivity (Wildman–Crippen MR) is 94.9 cm³/mol. The Morgan fingerprint density at radius 3 is 2.88 bits per heavy atom. The molecule has 0 saturated carbocycles. The lowest BCUT2D eigenvalue weighted by Gasteiger charge is -2.31. The summed E-state index contributed by atoms with van der Waals surface area (Å²) in [7, 11) is 0. The second-order valence-electron chi connectivity index (χ2n) is 6.19. The number of halogens is 1. The van der Waals surface area contributed by atoms with E-state index in [4.69, 9.17) is 16.0 Å². The molecule has 1 fully saturated rings. The first-order chi connectivity index (χ1) is 11.5. The van der Waals surface area contributed by atoms with Gasteiger partial charge in [-0.05, 0) is 62.2 Å². The average Bonchev–Trinajstić information content (AvgIpc) is 3.16. The van der Waals surface area contributed by atoms with Crippen molar-refractivity contribution in [2.45, 2.75) is 25.8 Å². The fourth-order valence-corrected chi connectivity index (χ4v) is 3.09. The third kappa shape index (κ3) is 3.25. The standard InChI is InChI=1S/C20H18ClNO2/c1-20(2)16(8-3-6-15-7-4-9-17(21)14-15)11-12-22(20)19(23)18-10-5-13-24-18/h4-5,7-10,13-14H,11-12H2,1-2H3/b16-8+. The van der Waals surface area contributed by atoms with Crippen LogP contribution in [0.25, 0.3) is 0 Å². The first kappa shape index (κ1) is 16.4. The normalized spacial score (nSPS) is 17.6. The van der Waals surface area contributed by atoms with Crippen LogP contribution >= 0.6 is 11.6 Å². The molecule has 2 aromatic rings. The third-order valence-electron chi connectivity index (χ3n) is 4.33. The van der Waals surface area contributed by atoms with Gasteiger partial charge >= 0.3 is 0 Å². The van der Waals surface area contributed by atoms with Crippen LogP contribution in [0, 0.1) is 11.8 Å². The Balaban J connectivity index is 1.80. The summed E-state index contributed by atoms with van der Waals surface area (Å²) in [6.45, 7) is 4.73. The summed E-state index contributed by atoms with van der Waals surface area (Å²) in [6.07, 6.45) is 4.24. The number of hydrogen-bond donors (Lipinski definition) is 0. The minimum atomic E-state index is -0.382. The van der Waals surface area contributed by atoms with E-state index in [-0.39, 0.29) is 11.4 Å². The maximum atomic E-state index is 12.6. The van der Waals surface area contributed by atoms with Crippen molar-refractivity contribution in [3.8, 4) is 11.8 Å². The molecule has 0 spiro atoms. The molecule has 0 unspecified atom stereocenters. The van der Waals surface area contributed by atoms with Gasteiger partial charge in [-0.3, -0.25) is 4.79 Å². The van der Waals surface area contributed by atoms with Crippen molar-refractivity contribution in [2.75, 3.05) is 6.54 Å². The molecule has 0 N–H and O–H groups in total. The molecular weight excluding hydrogens is 322 g/mol. The van der Waals surface area contributed by atoms with Gasteiger partial charge in [0.25, 0.3) is 5.91 Å². The van der Waals surface area contributed by atoms with Crippen molar-refractivity contribution in [2.24, 2.45) is 0 Å². The lowest BCUT2D eigenvalue weighted by atomic mass is 9.94. The highest BCUT2D eigenvalue weighted by Gasteiger charge is 2.40. The van der Waals surface area contributed by atoms with Gasteiger partial charge in [-0.15, -0.1) is 0 Å². The molecule has 3 rings (SSSR count). The summed E-state index contributed by atoms with van der Waals surface area (Å²) in [6, 6.07) is 10.9. The number of likely N-dealkylation sites (tertiary alicyclic amines) is 1. The maximum absolute atomic E-state index is 12.6. The van der Waals surface area contributed by atoms with E-state index in [1.54, 1.807) is 12.1 Å². The van der Waals surface area contributed by atoms with E-state index in [0.29, 0.717) is 17.3 Å². The number of rotatable bonds is 1. The molecule has 0 bridgehead atoms. The second kappa shape index (κ2) is 6.59. The van der Waals surface area contributed by atoms with Crippen LogP contribution in [0.3, 0.4) is 0 Å². The Morgan fingerprint density at radius 1 is 1.33 bits per heavy atom. The van der Waals surface area contributed by atoms with E-state index in [1.807, 2.05) is 49.1 Å². The zero-order valence-electron chi connectivity index (χ0n) is 13.7. The highest BCUT2D eigenvalue weighted by atomic mass is 35.5. The van der Waals surface area contributed by atoms with Crippen LogP contribution in [0.4, 0.5) is 0 Å². The van der Waals surface area contributed by atoms with Crippen LogP contribution in [0.15, 0.2) is 58.7 Å². The fraction of sp³-hybridized carbons (Fsp3) is 0.250. The Labute approximate surface area is 146 Å². The topological polar surface area (TPSA) is 33.5 Å². The number of benzene rings is 1. The minimum absolute atomic E-state index is 0.0869. The van der Waals surface area contributed by atoms with E-state index in [0.717, 1.165) is 17.6 Å². The molecule has 1 aromatic carbocycles. The van der Waals surface area contributed by atoms with E-state index in [2.05, 4.69) is 11.8 Å². The molecule has 0 radical (unpaired) electrons. The van der Waals surface area contributed by atoms with Gasteiger partial charge in [0.1, 0.15) is 0 Å². The van der Waals surface area contributed by atoms with Gasteiger partial charge in [0.15, 0.2) is 5.76 Å². The van der Waals surface area contributed by atoms with Gasteiger partial charge in [-0.1, -0.05) is 29.5 Å². The van der Waals surface area contributed by atoms with Crippen LogP contribution < -0.4 is 0 Å². The van der Waals surface area contributed by atoms with Crippen LogP contribution in [0.1, 0.15) is 36.4 Å². The van der Waals surface area contributed by atoms with Crippen molar-refractivity contribution in [3.05, 3.63) is 70.7 Å². The molecule has 1 saturated heterocycles. The molecule has 1 aliphatic heterocycles. The third-order valence-corrected chi connectivity index (χ3v) is 4.57. The van der Waals surface area contributed by atoms with E-state index in [9.17, 15) is 4.79 Å². The number of furan rings is 1. The number of amides is 1. The van der Waals surface area contributed by atoms with E-state index < -0.39 is 0 Å². The smallest absolute Gasteiger partial charge is 0.290 e. The largest absolute Gasteiger partial charge is 0.459 e. The second-order valence-corrected chi connectivity index (χ2v) is 6.63. The number of carbonyl (C=O) groups excluding carboxylic acids is 1. The first-order valence-electron chi connectivity index (χ1n) is 7.80. The summed E-state index contributed by atoms with van der Waals surface area (Å²) in [4.78, 5) is 14.4. The zero-order valence-corrected chi connectivity index (χ0v) is 14.4. The SMILES string of the molecule is CC1(C)/C(=C/C#Cc2cccc(Cl)c2)CCN1C(=O)c1ccco1. The lowest BCUT2D eigenvalue weighted by molar-refractivity contribution is 0.0645. The Bertz CT molecular complexity index is 838. The first-order valence-corrected chi connectivity index (χ1v) is 8.18. The van der Waals surface area contributed by atoms with Crippen molar-refractivity contribution in [1.82, 2.24) is 4.90 Å². The predicted octanol–water partition coefficient (Wildman–Crippen LogP) is 4.54. The van der Waals surface area contributed by atoms with Crippen molar-refractivity contribution < 1.29 is 9.21 Å². The minimum Gasteiger partial charge on any atom is -0.459 e. The molecule has 3 nitrogen and oxygen atoms in total. The number of allylic oxidation sites excluding steroid dienone is 1. The van der Waals surface area contributed by atoms with Crippen LogP contribution in [0.2, 0.25) is 5.02 Å². The summed E-state index contributed by atoms with van der Waals surface area (Å²) >= 11 is 5.96. The molecule has 0 atom stereocenters. The molecule has 4 heteroatoms. The summed E-state index contributed by atoms with van der Waals surface area (Å²) < 4.78 is 5.24. The number of nitrogens with zero attached hydrogens (tertiary/aromatic N) is 1. The molecule has 122 valence electrons. The average molecular weight is 340 g/mol. The Hall–Kier alpha value is -2.44. The van der Waals surface area contributed by atoms with Gasteiger partial charge in [-0.25, -0.2) is 0 Å². The molecule has 1 aliphatic rings. The molecule has 2 heterocycles. The lowest BCUT2D eigenvalue weighted by Crippen LogP contribution is -2.43. The van der Waals surface area contributed by atoms with E-state index in [1.165, 1.54) is 6.26 Å². The number of carbonyl (C=O) groups is 1. The van der Waals surface area contributed by atoms with Crippen molar-refractivity contribution in [1.29, 1.82) is 0 Å². The summed E-state index contributed by atoms with van der Waals surface area (Å²) in [5, 5.41) is 0.672. The Morgan fingerprint density at radius 2 is 2.17 bits per heavy atom. The zero-order chi connectivity index (χ0) is 17.2. The van der Waals surface area contributed by atoms with Crippen LogP contribution in [0.5, 0.6) is 0 Å². The van der Waals surface area contributed by atoms with Crippen LogP contribution in [-0.4, -0.2) is 22.9 Å². The number of hydrogen-bond acceptors (Lipinski definition) is 2. The van der Waals surface area contributed by atoms with Gasteiger partial charge in [-0.2, -0.15) is 0 Å². The molecule has 1 aromatic heterocycles. The van der Waals surface area contributed by atoms with Gasteiger partial charge in [0.2, 0.25) is 0 Å². The maximum Gasteiger partial charge on any atom is 0.290 e. The van der Waals surface area contributed by atoms with E-state index >= 15 is 0 Å². The highest BCUT2D eigenvalue weighted by molar-refractivity contribution is 6.30. The summed E-state index contributed by atoms with van der Waals surface area (Å²) in [5.41, 5.74) is 1.63. The molecular formula is C20H18ClNO2. The Kier molecular flexibility index (Phi) is 4.51. The molecule has 0 aliphatic carbocycles. The quantitative estimate of drug-likeness (QED) is 0.715. The van der Waals surface area contributed by atoms with Gasteiger partial charge in [0, 0.05) is 17.1 Å². The monoisotopic (exact) mass is 339 g/mol. The van der Waals surface area contributed by atoms with Crippen LogP contribution in [-0.2, 0) is 0 Å².